The molecule has 104 valence electrons. The summed E-state index contributed by atoms with van der Waals surface area (Å²) >= 11 is 0. The van der Waals surface area contributed by atoms with Crippen LogP contribution in [0.1, 0.15) is 6.92 Å². The van der Waals surface area contributed by atoms with E-state index in [4.69, 9.17) is 4.74 Å². The summed E-state index contributed by atoms with van der Waals surface area (Å²) in [5.41, 5.74) is -0.00123. The van der Waals surface area contributed by atoms with Crippen molar-refractivity contribution in [3.8, 4) is 5.75 Å². The molecule has 0 aliphatic heterocycles. The fourth-order valence-corrected chi connectivity index (χ4v) is 1.92. The molecule has 0 bridgehead atoms. The maximum atomic E-state index is 11.4. The first kappa shape index (κ1) is 13.8. The maximum absolute atomic E-state index is 11.4. The minimum atomic E-state index is -0.787. The van der Waals surface area contributed by atoms with Crippen molar-refractivity contribution < 1.29 is 19.2 Å². The molecule has 0 aromatic heterocycles. The highest BCUT2D eigenvalue weighted by Crippen LogP contribution is 2.33. The first-order valence-corrected chi connectivity index (χ1v) is 5.95. The quantitative estimate of drug-likeness (QED) is 0.487. The molecule has 20 heavy (non-hydrogen) atoms. The lowest BCUT2D eigenvalue weighted by atomic mass is 10.1. The molecule has 0 aliphatic rings. The molecule has 0 N–H and O–H groups in total. The van der Waals surface area contributed by atoms with Gasteiger partial charge in [-0.1, -0.05) is 18.2 Å². The first-order valence-electron chi connectivity index (χ1n) is 5.95. The Morgan fingerprint density at radius 3 is 2.45 bits per heavy atom. The number of nitro groups is 1. The Balaban J connectivity index is 2.48. The molecular formula is C14H13NO5. The minimum absolute atomic E-state index is 0.00123. The number of ether oxygens (including phenoxy) is 2. The van der Waals surface area contributed by atoms with Crippen molar-refractivity contribution in [1.82, 2.24) is 0 Å². The number of nitrogens with zero attached hydrogens (tertiary/aromatic N) is 1. The second-order valence-electron chi connectivity index (χ2n) is 4.17. The molecule has 0 spiro atoms. The van der Waals surface area contributed by atoms with Gasteiger partial charge in [-0.2, -0.15) is 0 Å². The SMILES string of the molecule is COC(=O)[C@H](C)Oc1ccc([N+](=O)[O-])c2ccccc12. The Hall–Kier alpha value is -2.63. The van der Waals surface area contributed by atoms with Crippen molar-refractivity contribution in [2.45, 2.75) is 13.0 Å². The van der Waals surface area contributed by atoms with Crippen LogP contribution in [-0.2, 0) is 9.53 Å². The molecule has 0 amide bonds. The lowest BCUT2D eigenvalue weighted by Crippen LogP contribution is -2.24. The van der Waals surface area contributed by atoms with Gasteiger partial charge in [0.1, 0.15) is 5.75 Å². The normalized spacial score (nSPS) is 11.9. The highest BCUT2D eigenvalue weighted by Gasteiger charge is 2.19. The summed E-state index contributed by atoms with van der Waals surface area (Å²) in [6.45, 7) is 1.56. The van der Waals surface area contributed by atoms with Gasteiger partial charge >= 0.3 is 5.97 Å². The zero-order valence-corrected chi connectivity index (χ0v) is 11.0. The van der Waals surface area contributed by atoms with Crippen LogP contribution in [-0.4, -0.2) is 24.1 Å². The van der Waals surface area contributed by atoms with E-state index in [-0.39, 0.29) is 5.69 Å². The Bertz CT molecular complexity index is 668. The van der Waals surface area contributed by atoms with Gasteiger partial charge in [-0.05, 0) is 19.1 Å². The van der Waals surface area contributed by atoms with E-state index in [2.05, 4.69) is 4.74 Å². The molecule has 1 atom stereocenters. The summed E-state index contributed by atoms with van der Waals surface area (Å²) < 4.78 is 10.1. The van der Waals surface area contributed by atoms with Crippen molar-refractivity contribution in [2.24, 2.45) is 0 Å². The van der Waals surface area contributed by atoms with Gasteiger partial charge in [-0.15, -0.1) is 0 Å². The molecule has 0 aliphatic carbocycles. The predicted molar refractivity (Wildman–Crippen MR) is 72.7 cm³/mol. The first-order chi connectivity index (χ1) is 9.54. The van der Waals surface area contributed by atoms with Crippen LogP contribution in [0.25, 0.3) is 10.8 Å². The number of benzene rings is 2. The van der Waals surface area contributed by atoms with Crippen LogP contribution in [0.3, 0.4) is 0 Å². The average molecular weight is 275 g/mol. The lowest BCUT2D eigenvalue weighted by molar-refractivity contribution is -0.383. The van der Waals surface area contributed by atoms with Crippen molar-refractivity contribution >= 4 is 22.4 Å². The Morgan fingerprint density at radius 1 is 1.20 bits per heavy atom. The minimum Gasteiger partial charge on any atom is -0.478 e. The summed E-state index contributed by atoms with van der Waals surface area (Å²) in [4.78, 5) is 21.9. The van der Waals surface area contributed by atoms with Crippen LogP contribution in [0.4, 0.5) is 5.69 Å². The van der Waals surface area contributed by atoms with Crippen LogP contribution in [0.15, 0.2) is 36.4 Å². The Kier molecular flexibility index (Phi) is 3.84. The standard InChI is InChI=1S/C14H13NO5/c1-9(14(16)19-2)20-13-8-7-12(15(17)18)10-5-3-4-6-11(10)13/h3-9H,1-2H3/t9-/m0/s1. The average Bonchev–Trinajstić information content (AvgIpc) is 2.46. The molecule has 2 aromatic carbocycles. The number of carbonyl (C=O) groups is 1. The van der Waals surface area contributed by atoms with Crippen molar-refractivity contribution in [1.29, 1.82) is 0 Å². The van der Waals surface area contributed by atoms with Gasteiger partial charge in [-0.3, -0.25) is 10.1 Å². The third-order valence-electron chi connectivity index (χ3n) is 2.89. The summed E-state index contributed by atoms with van der Waals surface area (Å²) in [5.74, 6) is -0.100. The number of methoxy groups -OCH3 is 1. The molecule has 0 fully saturated rings. The number of hydrogen-bond acceptors (Lipinski definition) is 5. The van der Waals surface area contributed by atoms with Crippen molar-refractivity contribution in [3.63, 3.8) is 0 Å². The summed E-state index contributed by atoms with van der Waals surface area (Å²) in [6.07, 6.45) is -0.787. The molecule has 0 heterocycles. The predicted octanol–water partition coefficient (Wildman–Crippen LogP) is 2.69. The Labute approximate surface area is 115 Å². The third-order valence-corrected chi connectivity index (χ3v) is 2.89. The van der Waals surface area contributed by atoms with E-state index in [0.717, 1.165) is 0 Å². The van der Waals surface area contributed by atoms with Gasteiger partial charge in [0.25, 0.3) is 5.69 Å². The van der Waals surface area contributed by atoms with Crippen LogP contribution in [0.5, 0.6) is 5.75 Å². The van der Waals surface area contributed by atoms with Gasteiger partial charge in [0.15, 0.2) is 6.10 Å². The van der Waals surface area contributed by atoms with E-state index < -0.39 is 17.0 Å². The topological polar surface area (TPSA) is 78.7 Å². The van der Waals surface area contributed by atoms with Crippen LogP contribution >= 0.6 is 0 Å². The number of rotatable bonds is 4. The van der Waals surface area contributed by atoms with E-state index in [1.54, 1.807) is 31.2 Å². The fourth-order valence-electron chi connectivity index (χ4n) is 1.92. The molecule has 0 radical (unpaired) electrons. The van der Waals surface area contributed by atoms with E-state index in [0.29, 0.717) is 16.5 Å². The van der Waals surface area contributed by atoms with Gasteiger partial charge in [0.05, 0.1) is 17.4 Å². The van der Waals surface area contributed by atoms with E-state index in [1.807, 2.05) is 0 Å². The van der Waals surface area contributed by atoms with Gasteiger partial charge in [-0.25, -0.2) is 4.79 Å². The summed E-state index contributed by atoms with van der Waals surface area (Å²) in [5, 5.41) is 12.0. The number of nitro benzene ring substituents is 1. The fraction of sp³-hybridized carbons (Fsp3) is 0.214. The summed E-state index contributed by atoms with van der Waals surface area (Å²) in [7, 11) is 1.27. The second-order valence-corrected chi connectivity index (χ2v) is 4.17. The largest absolute Gasteiger partial charge is 0.478 e. The molecule has 2 aromatic rings. The van der Waals surface area contributed by atoms with Gasteiger partial charge in [0, 0.05) is 11.5 Å². The number of esters is 1. The molecule has 2 rings (SSSR count). The van der Waals surface area contributed by atoms with Crippen molar-refractivity contribution in [3.05, 3.63) is 46.5 Å². The number of carbonyl (C=O) groups excluding carboxylic acids is 1. The van der Waals surface area contributed by atoms with Gasteiger partial charge in [0.2, 0.25) is 0 Å². The monoisotopic (exact) mass is 275 g/mol. The van der Waals surface area contributed by atoms with Crippen molar-refractivity contribution in [2.75, 3.05) is 7.11 Å². The number of fused-ring (bicyclic) bond motifs is 1. The smallest absolute Gasteiger partial charge is 0.346 e. The van der Waals surface area contributed by atoms with Gasteiger partial charge < -0.3 is 9.47 Å². The number of hydrogen-bond donors (Lipinski definition) is 0. The molecular weight excluding hydrogens is 262 g/mol. The molecule has 6 heteroatoms. The third kappa shape index (κ3) is 2.54. The molecule has 0 unspecified atom stereocenters. The molecule has 0 saturated carbocycles. The highest BCUT2D eigenvalue weighted by molar-refractivity contribution is 5.95. The van der Waals surface area contributed by atoms with Crippen LogP contribution in [0, 0.1) is 10.1 Å². The zero-order valence-electron chi connectivity index (χ0n) is 11.0. The Morgan fingerprint density at radius 2 is 1.85 bits per heavy atom. The molecule has 6 nitrogen and oxygen atoms in total. The second kappa shape index (κ2) is 5.56. The van der Waals surface area contributed by atoms with E-state index in [1.165, 1.54) is 19.2 Å². The maximum Gasteiger partial charge on any atom is 0.346 e. The van der Waals surface area contributed by atoms with Crippen LogP contribution in [0.2, 0.25) is 0 Å². The highest BCUT2D eigenvalue weighted by atomic mass is 16.6. The lowest BCUT2D eigenvalue weighted by Gasteiger charge is -2.14. The summed E-state index contributed by atoms with van der Waals surface area (Å²) in [6, 6.07) is 9.66. The number of non-ortho nitro benzene ring substituents is 1. The molecule has 0 saturated heterocycles. The van der Waals surface area contributed by atoms with E-state index >= 15 is 0 Å². The zero-order chi connectivity index (χ0) is 14.7. The van der Waals surface area contributed by atoms with Crippen LogP contribution < -0.4 is 4.74 Å². The van der Waals surface area contributed by atoms with E-state index in [9.17, 15) is 14.9 Å².